The van der Waals surface area contributed by atoms with Gasteiger partial charge < -0.3 is 5.32 Å². The number of hydrogen-bond acceptors (Lipinski definition) is 4. The van der Waals surface area contributed by atoms with E-state index in [1.165, 1.54) is 22.9 Å². The van der Waals surface area contributed by atoms with Crippen molar-refractivity contribution in [3.63, 3.8) is 0 Å². The van der Waals surface area contributed by atoms with Crippen LogP contribution in [-0.2, 0) is 21.2 Å². The first-order valence-corrected chi connectivity index (χ1v) is 9.17. The van der Waals surface area contributed by atoms with Crippen LogP contribution in [0.25, 0.3) is 0 Å². The first-order chi connectivity index (χ1) is 9.92. The maximum absolute atomic E-state index is 11.9. The van der Waals surface area contributed by atoms with Crippen molar-refractivity contribution >= 4 is 21.6 Å². The van der Waals surface area contributed by atoms with Gasteiger partial charge in [-0.2, -0.15) is 5.10 Å². The van der Waals surface area contributed by atoms with Gasteiger partial charge in [0.1, 0.15) is 9.84 Å². The highest BCUT2D eigenvalue weighted by molar-refractivity contribution is 7.90. The molecule has 0 unspecified atom stereocenters. The maximum atomic E-state index is 11.9. The molecule has 0 aromatic carbocycles. The van der Waals surface area contributed by atoms with Crippen LogP contribution in [0.3, 0.4) is 0 Å². The van der Waals surface area contributed by atoms with Crippen molar-refractivity contribution in [2.24, 2.45) is 0 Å². The Morgan fingerprint density at radius 2 is 2.24 bits per heavy atom. The van der Waals surface area contributed by atoms with E-state index in [0.29, 0.717) is 18.8 Å². The molecule has 116 valence electrons. The lowest BCUT2D eigenvalue weighted by molar-refractivity contribution is -0.115. The molecule has 0 fully saturated rings. The Labute approximate surface area is 125 Å². The van der Waals surface area contributed by atoms with Crippen molar-refractivity contribution in [1.29, 1.82) is 0 Å². The largest absolute Gasteiger partial charge is 0.309 e. The molecule has 1 aliphatic carbocycles. The summed E-state index contributed by atoms with van der Waals surface area (Å²) >= 11 is 0. The zero-order valence-corrected chi connectivity index (χ0v) is 13.0. The van der Waals surface area contributed by atoms with Crippen molar-refractivity contribution in [3.8, 4) is 0 Å². The van der Waals surface area contributed by atoms with E-state index in [1.807, 2.05) is 0 Å². The fourth-order valence-corrected chi connectivity index (χ4v) is 2.79. The summed E-state index contributed by atoms with van der Waals surface area (Å²) in [4.78, 5) is 11.9. The van der Waals surface area contributed by atoms with E-state index in [9.17, 15) is 13.2 Å². The highest BCUT2D eigenvalue weighted by Crippen LogP contribution is 2.20. The van der Waals surface area contributed by atoms with Crippen LogP contribution in [0.1, 0.15) is 32.1 Å². The molecule has 0 bridgehead atoms. The van der Waals surface area contributed by atoms with Gasteiger partial charge in [0.15, 0.2) is 5.82 Å². The third-order valence-corrected chi connectivity index (χ3v) is 4.30. The van der Waals surface area contributed by atoms with E-state index in [2.05, 4.69) is 16.5 Å². The highest BCUT2D eigenvalue weighted by atomic mass is 32.2. The van der Waals surface area contributed by atoms with Crippen molar-refractivity contribution in [1.82, 2.24) is 9.78 Å². The van der Waals surface area contributed by atoms with Gasteiger partial charge in [0, 0.05) is 24.9 Å². The van der Waals surface area contributed by atoms with Gasteiger partial charge in [0.2, 0.25) is 5.91 Å². The highest BCUT2D eigenvalue weighted by Gasteiger charge is 2.11. The lowest BCUT2D eigenvalue weighted by atomic mass is 9.97. The summed E-state index contributed by atoms with van der Waals surface area (Å²) in [5.74, 6) is 0.427. The molecule has 7 heteroatoms. The van der Waals surface area contributed by atoms with Gasteiger partial charge in [-0.15, -0.1) is 0 Å². The molecule has 1 aromatic rings. The van der Waals surface area contributed by atoms with E-state index >= 15 is 0 Å². The normalized spacial score (nSPS) is 15.6. The molecule has 6 nitrogen and oxygen atoms in total. The molecule has 0 saturated carbocycles. The van der Waals surface area contributed by atoms with Gasteiger partial charge >= 0.3 is 0 Å². The number of aryl methyl sites for hydroxylation is 1. The molecule has 1 heterocycles. The number of nitrogens with zero attached hydrogens (tertiary/aromatic N) is 2. The summed E-state index contributed by atoms with van der Waals surface area (Å²) < 4.78 is 23.7. The zero-order valence-electron chi connectivity index (χ0n) is 12.2. The molecular formula is C14H21N3O3S. The topological polar surface area (TPSA) is 81.1 Å². The molecule has 2 rings (SSSR count). The van der Waals surface area contributed by atoms with E-state index < -0.39 is 9.84 Å². The number of nitrogens with one attached hydrogen (secondary N) is 1. The fraction of sp³-hybridized carbons (Fsp3) is 0.571. The molecular weight excluding hydrogens is 290 g/mol. The van der Waals surface area contributed by atoms with Crippen LogP contribution in [0, 0.1) is 0 Å². The molecule has 1 N–H and O–H groups in total. The smallest absolute Gasteiger partial charge is 0.229 e. The number of aromatic nitrogens is 2. The second-order valence-corrected chi connectivity index (χ2v) is 7.69. The van der Waals surface area contributed by atoms with Gasteiger partial charge in [0.05, 0.1) is 12.3 Å². The van der Waals surface area contributed by atoms with Crippen LogP contribution in [-0.4, -0.2) is 36.1 Å². The van der Waals surface area contributed by atoms with E-state index in [-0.39, 0.29) is 11.7 Å². The molecule has 1 aliphatic rings. The van der Waals surface area contributed by atoms with E-state index in [1.54, 1.807) is 12.3 Å². The Balaban J connectivity index is 1.84. The summed E-state index contributed by atoms with van der Waals surface area (Å²) in [5.41, 5.74) is 1.19. The van der Waals surface area contributed by atoms with Crippen LogP contribution in [0.2, 0.25) is 0 Å². The van der Waals surface area contributed by atoms with Crippen LogP contribution >= 0.6 is 0 Å². The number of rotatable bonds is 6. The van der Waals surface area contributed by atoms with Crippen molar-refractivity contribution < 1.29 is 13.2 Å². The monoisotopic (exact) mass is 311 g/mol. The summed E-state index contributed by atoms with van der Waals surface area (Å²) in [7, 11) is -3.01. The Morgan fingerprint density at radius 3 is 2.90 bits per heavy atom. The minimum atomic E-state index is -3.01. The average Bonchev–Trinajstić information content (AvgIpc) is 2.84. The molecule has 0 aliphatic heterocycles. The second-order valence-electron chi connectivity index (χ2n) is 5.43. The number of hydrogen-bond donors (Lipinski definition) is 1. The summed E-state index contributed by atoms with van der Waals surface area (Å²) in [5, 5.41) is 6.89. The third-order valence-electron chi connectivity index (χ3n) is 3.37. The standard InChI is InChI=1S/C14H21N3O3S/c1-21(19,20)10-9-17-8-7-13(16-17)15-14(18)11-12-5-3-2-4-6-12/h5,7-8H,2-4,6,9-11H2,1H3,(H,15,16,18). The number of carbonyl (C=O) groups excluding carboxylic acids is 1. The molecule has 0 atom stereocenters. The van der Waals surface area contributed by atoms with E-state index in [0.717, 1.165) is 19.3 Å². The SMILES string of the molecule is CS(=O)(=O)CCn1ccc(NC(=O)CC2=CCCCC2)n1. The number of sulfone groups is 1. The van der Waals surface area contributed by atoms with Gasteiger partial charge in [-0.05, 0) is 25.7 Å². The summed E-state index contributed by atoms with van der Waals surface area (Å²) in [6.07, 6.45) is 9.83. The van der Waals surface area contributed by atoms with Gasteiger partial charge in [-0.3, -0.25) is 9.48 Å². The molecule has 0 spiro atoms. The lowest BCUT2D eigenvalue weighted by Gasteiger charge is -2.11. The Kier molecular flexibility index (Phi) is 5.17. The van der Waals surface area contributed by atoms with Crippen LogP contribution in [0.5, 0.6) is 0 Å². The minimum absolute atomic E-state index is 0.0367. The molecule has 0 saturated heterocycles. The zero-order chi connectivity index (χ0) is 15.3. The minimum Gasteiger partial charge on any atom is -0.309 e. The van der Waals surface area contributed by atoms with Gasteiger partial charge in [-0.25, -0.2) is 8.42 Å². The average molecular weight is 311 g/mol. The number of carbonyl (C=O) groups is 1. The lowest BCUT2D eigenvalue weighted by Crippen LogP contribution is -2.15. The Bertz CT molecular complexity index is 632. The fourth-order valence-electron chi connectivity index (χ4n) is 2.27. The van der Waals surface area contributed by atoms with Crippen LogP contribution in [0.15, 0.2) is 23.9 Å². The second kappa shape index (κ2) is 6.89. The Hall–Kier alpha value is -1.63. The van der Waals surface area contributed by atoms with Gasteiger partial charge in [-0.1, -0.05) is 11.6 Å². The van der Waals surface area contributed by atoms with Crippen LogP contribution < -0.4 is 5.32 Å². The summed E-state index contributed by atoms with van der Waals surface area (Å²) in [6, 6.07) is 1.68. The molecule has 21 heavy (non-hydrogen) atoms. The predicted molar refractivity (Wildman–Crippen MR) is 81.7 cm³/mol. The molecule has 1 amide bonds. The first-order valence-electron chi connectivity index (χ1n) is 7.11. The number of anilines is 1. The maximum Gasteiger partial charge on any atom is 0.229 e. The third kappa shape index (κ3) is 5.71. The van der Waals surface area contributed by atoms with Gasteiger partial charge in [0.25, 0.3) is 0 Å². The Morgan fingerprint density at radius 1 is 1.43 bits per heavy atom. The van der Waals surface area contributed by atoms with Crippen LogP contribution in [0.4, 0.5) is 5.82 Å². The quantitative estimate of drug-likeness (QED) is 0.812. The van der Waals surface area contributed by atoms with Crippen molar-refractivity contribution in [3.05, 3.63) is 23.9 Å². The van der Waals surface area contributed by atoms with E-state index in [4.69, 9.17) is 0 Å². The number of allylic oxidation sites excluding steroid dienone is 1. The first kappa shape index (κ1) is 15.8. The number of amides is 1. The molecule has 0 radical (unpaired) electrons. The van der Waals surface area contributed by atoms with Crippen molar-refractivity contribution in [2.75, 3.05) is 17.3 Å². The predicted octanol–water partition coefficient (Wildman–Crippen LogP) is 1.76. The molecule has 1 aromatic heterocycles. The summed E-state index contributed by atoms with van der Waals surface area (Å²) in [6.45, 7) is 0.292. The van der Waals surface area contributed by atoms with Crippen molar-refractivity contribution in [2.45, 2.75) is 38.6 Å².